The van der Waals surface area contributed by atoms with Gasteiger partial charge in [0, 0.05) is 11.0 Å². The fraction of sp³-hybridized carbons (Fsp3) is 0.192. The molecule has 0 bridgehead atoms. The molecule has 0 aromatic heterocycles. The smallest absolute Gasteiger partial charge is 0.248 e. The van der Waals surface area contributed by atoms with E-state index in [-0.39, 0.29) is 17.9 Å². The van der Waals surface area contributed by atoms with Gasteiger partial charge < -0.3 is 16.0 Å². The van der Waals surface area contributed by atoms with Crippen LogP contribution in [0.15, 0.2) is 77.7 Å². The van der Waals surface area contributed by atoms with E-state index in [0.29, 0.717) is 11.8 Å². The zero-order valence-corrected chi connectivity index (χ0v) is 19.6. The number of carbonyl (C=O) groups excluding carboxylic acids is 3. The van der Waals surface area contributed by atoms with Gasteiger partial charge in [-0.25, -0.2) is 8.78 Å². The predicted octanol–water partition coefficient (Wildman–Crippen LogP) is 3.98. The molecule has 0 aliphatic carbocycles. The summed E-state index contributed by atoms with van der Waals surface area (Å²) in [6.45, 7) is 1.48. The molecule has 3 aromatic rings. The summed E-state index contributed by atoms with van der Waals surface area (Å²) in [6.07, 6.45) is -0.298. The fourth-order valence-corrected chi connectivity index (χ4v) is 5.10. The largest absolute Gasteiger partial charge is 0.344 e. The van der Waals surface area contributed by atoms with Crippen LogP contribution in [0.2, 0.25) is 0 Å². The molecule has 1 heterocycles. The lowest BCUT2D eigenvalue weighted by molar-refractivity contribution is -0.130. The van der Waals surface area contributed by atoms with E-state index >= 15 is 0 Å². The SMILES string of the molecule is C[C@H](NC(=O)Cc1cc(F)cc(F)c1)C(=O)N[C@@H]1C(=O)Nc2ccccc2S[C@@H]1c1ccccc1. The van der Waals surface area contributed by atoms with Gasteiger partial charge in [0.2, 0.25) is 17.7 Å². The summed E-state index contributed by atoms with van der Waals surface area (Å²) in [5.74, 6) is -3.09. The Hall–Kier alpha value is -3.72. The molecular formula is C26H23F2N3O3S. The summed E-state index contributed by atoms with van der Waals surface area (Å²) in [4.78, 5) is 39.4. The van der Waals surface area contributed by atoms with E-state index in [1.54, 1.807) is 6.07 Å². The number of thioether (sulfide) groups is 1. The quantitative estimate of drug-likeness (QED) is 0.483. The fourth-order valence-electron chi connectivity index (χ4n) is 3.80. The monoisotopic (exact) mass is 495 g/mol. The lowest BCUT2D eigenvalue weighted by Gasteiger charge is -2.26. The molecule has 0 saturated heterocycles. The van der Waals surface area contributed by atoms with Crippen molar-refractivity contribution in [3.05, 3.63) is 95.6 Å². The minimum atomic E-state index is -0.985. The van der Waals surface area contributed by atoms with E-state index in [2.05, 4.69) is 16.0 Å². The van der Waals surface area contributed by atoms with Gasteiger partial charge in [-0.05, 0) is 42.3 Å². The molecule has 1 aliphatic rings. The third-order valence-electron chi connectivity index (χ3n) is 5.47. The Balaban J connectivity index is 1.48. The molecule has 3 atom stereocenters. The number of hydrogen-bond acceptors (Lipinski definition) is 4. The second kappa shape index (κ2) is 10.7. The molecule has 0 fully saturated rings. The summed E-state index contributed by atoms with van der Waals surface area (Å²) in [6, 6.07) is 17.7. The van der Waals surface area contributed by atoms with E-state index in [9.17, 15) is 23.2 Å². The zero-order chi connectivity index (χ0) is 24.9. The van der Waals surface area contributed by atoms with Crippen molar-refractivity contribution in [2.24, 2.45) is 0 Å². The molecule has 3 N–H and O–H groups in total. The van der Waals surface area contributed by atoms with Crippen LogP contribution < -0.4 is 16.0 Å². The standard InChI is InChI=1S/C26H23F2N3O3S/c1-15(29-22(32)13-16-11-18(27)14-19(28)12-16)25(33)31-23-24(17-7-3-2-4-8-17)35-21-10-6-5-9-20(21)30-26(23)34/h2-12,14-15,23-24H,13H2,1H3,(H,29,32)(H,30,34)(H,31,33)/t15-,23-,24+/m0/s1. The van der Waals surface area contributed by atoms with Crippen LogP contribution in [0.5, 0.6) is 0 Å². The summed E-state index contributed by atoms with van der Waals surface area (Å²) >= 11 is 1.46. The van der Waals surface area contributed by atoms with E-state index in [4.69, 9.17) is 0 Å². The van der Waals surface area contributed by atoms with Crippen molar-refractivity contribution >= 4 is 35.2 Å². The van der Waals surface area contributed by atoms with Crippen LogP contribution in [-0.2, 0) is 20.8 Å². The van der Waals surface area contributed by atoms with Crippen LogP contribution in [-0.4, -0.2) is 29.8 Å². The molecule has 35 heavy (non-hydrogen) atoms. The van der Waals surface area contributed by atoms with Gasteiger partial charge in [-0.3, -0.25) is 14.4 Å². The van der Waals surface area contributed by atoms with Gasteiger partial charge in [-0.2, -0.15) is 0 Å². The lowest BCUT2D eigenvalue weighted by atomic mass is 10.0. The second-order valence-corrected chi connectivity index (χ2v) is 9.35. The van der Waals surface area contributed by atoms with E-state index in [0.717, 1.165) is 22.6 Å². The van der Waals surface area contributed by atoms with Crippen molar-refractivity contribution in [3.8, 4) is 0 Å². The predicted molar refractivity (Wildman–Crippen MR) is 130 cm³/mol. The minimum Gasteiger partial charge on any atom is -0.344 e. The van der Waals surface area contributed by atoms with E-state index in [1.165, 1.54) is 18.7 Å². The number of rotatable bonds is 6. The van der Waals surface area contributed by atoms with E-state index < -0.39 is 40.8 Å². The van der Waals surface area contributed by atoms with Gasteiger partial charge in [-0.15, -0.1) is 11.8 Å². The van der Waals surface area contributed by atoms with Crippen molar-refractivity contribution < 1.29 is 23.2 Å². The number of para-hydroxylation sites is 1. The maximum absolute atomic E-state index is 13.4. The third kappa shape index (κ3) is 6.05. The van der Waals surface area contributed by atoms with Crippen molar-refractivity contribution in [1.82, 2.24) is 10.6 Å². The first-order chi connectivity index (χ1) is 16.8. The number of benzene rings is 3. The van der Waals surface area contributed by atoms with Gasteiger partial charge in [-0.1, -0.05) is 42.5 Å². The first-order valence-corrected chi connectivity index (χ1v) is 11.8. The highest BCUT2D eigenvalue weighted by molar-refractivity contribution is 7.99. The summed E-state index contributed by atoms with van der Waals surface area (Å²) < 4.78 is 26.8. The third-order valence-corrected chi connectivity index (χ3v) is 6.88. The molecule has 0 radical (unpaired) electrons. The molecule has 180 valence electrons. The van der Waals surface area contributed by atoms with Crippen molar-refractivity contribution in [2.45, 2.75) is 35.6 Å². The number of nitrogens with one attached hydrogen (secondary N) is 3. The van der Waals surface area contributed by atoms with Crippen LogP contribution >= 0.6 is 11.8 Å². The van der Waals surface area contributed by atoms with Crippen molar-refractivity contribution in [2.75, 3.05) is 5.32 Å². The minimum absolute atomic E-state index is 0.147. The topological polar surface area (TPSA) is 87.3 Å². The van der Waals surface area contributed by atoms with Gasteiger partial charge in [0.15, 0.2) is 0 Å². The molecule has 0 unspecified atom stereocenters. The molecule has 0 saturated carbocycles. The number of halogens is 2. The lowest BCUT2D eigenvalue weighted by Crippen LogP contribution is -2.53. The normalized spacial score (nSPS) is 18.0. The van der Waals surface area contributed by atoms with Crippen LogP contribution in [0.25, 0.3) is 0 Å². The Morgan fingerprint density at radius 2 is 1.66 bits per heavy atom. The maximum Gasteiger partial charge on any atom is 0.248 e. The molecule has 1 aliphatic heterocycles. The molecule has 6 nitrogen and oxygen atoms in total. The number of amides is 3. The zero-order valence-electron chi connectivity index (χ0n) is 18.8. The Morgan fingerprint density at radius 1 is 1.00 bits per heavy atom. The van der Waals surface area contributed by atoms with Crippen molar-refractivity contribution in [1.29, 1.82) is 0 Å². The molecule has 9 heteroatoms. The molecule has 3 aromatic carbocycles. The molecule has 3 amide bonds. The van der Waals surface area contributed by atoms with Crippen LogP contribution in [0.3, 0.4) is 0 Å². The number of hydrogen-bond donors (Lipinski definition) is 3. The summed E-state index contributed by atoms with van der Waals surface area (Å²) in [5, 5.41) is 7.75. The summed E-state index contributed by atoms with van der Waals surface area (Å²) in [7, 11) is 0. The Morgan fingerprint density at radius 3 is 2.37 bits per heavy atom. The first-order valence-electron chi connectivity index (χ1n) is 11.0. The van der Waals surface area contributed by atoms with Crippen LogP contribution in [0, 0.1) is 11.6 Å². The summed E-state index contributed by atoms with van der Waals surface area (Å²) in [5.41, 5.74) is 1.66. The van der Waals surface area contributed by atoms with Crippen LogP contribution in [0.4, 0.5) is 14.5 Å². The second-order valence-electron chi connectivity index (χ2n) is 8.16. The average molecular weight is 496 g/mol. The van der Waals surface area contributed by atoms with Crippen molar-refractivity contribution in [3.63, 3.8) is 0 Å². The van der Waals surface area contributed by atoms with Gasteiger partial charge in [0.05, 0.1) is 17.4 Å². The number of anilines is 1. The Kier molecular flexibility index (Phi) is 7.45. The highest BCUT2D eigenvalue weighted by Crippen LogP contribution is 2.43. The highest BCUT2D eigenvalue weighted by atomic mass is 32.2. The van der Waals surface area contributed by atoms with Crippen LogP contribution in [0.1, 0.15) is 23.3 Å². The number of fused-ring (bicyclic) bond motifs is 1. The molecule has 0 spiro atoms. The van der Waals surface area contributed by atoms with Gasteiger partial charge in [0.25, 0.3) is 0 Å². The Bertz CT molecular complexity index is 1240. The van der Waals surface area contributed by atoms with Gasteiger partial charge in [0.1, 0.15) is 23.7 Å². The Labute approximate surface area is 205 Å². The maximum atomic E-state index is 13.4. The van der Waals surface area contributed by atoms with Gasteiger partial charge >= 0.3 is 0 Å². The number of carbonyl (C=O) groups is 3. The molecular weight excluding hydrogens is 472 g/mol. The highest BCUT2D eigenvalue weighted by Gasteiger charge is 2.36. The molecule has 4 rings (SSSR count). The first kappa shape index (κ1) is 24.4. The van der Waals surface area contributed by atoms with E-state index in [1.807, 2.05) is 48.5 Å². The average Bonchev–Trinajstić information content (AvgIpc) is 2.95.